The Labute approximate surface area is 156 Å². The van der Waals surface area contributed by atoms with Crippen molar-refractivity contribution in [2.24, 2.45) is 0 Å². The second-order valence-electron chi connectivity index (χ2n) is 5.76. The van der Waals surface area contributed by atoms with E-state index < -0.39 is 10.6 Å². The lowest BCUT2D eigenvalue weighted by atomic mass is 9.85. The summed E-state index contributed by atoms with van der Waals surface area (Å²) in [6, 6.07) is 5.51. The quantitative estimate of drug-likeness (QED) is 0.527. The first-order valence-electron chi connectivity index (χ1n) is 7.77. The number of halogens is 1. The number of ketones is 1. The van der Waals surface area contributed by atoms with Gasteiger partial charge in [-0.15, -0.1) is 0 Å². The van der Waals surface area contributed by atoms with E-state index in [1.54, 1.807) is 26.4 Å². The second-order valence-corrected chi connectivity index (χ2v) is 6.93. The minimum absolute atomic E-state index is 0.161. The van der Waals surface area contributed by atoms with Crippen molar-refractivity contribution in [1.82, 2.24) is 0 Å². The Balaban J connectivity index is 2.68. The van der Waals surface area contributed by atoms with Crippen LogP contribution in [0.3, 0.4) is 0 Å². The van der Waals surface area contributed by atoms with Gasteiger partial charge in [-0.25, -0.2) is 0 Å². The molecule has 0 fully saturated rings. The first kappa shape index (κ1) is 19.7. The molecule has 25 heavy (non-hydrogen) atoms. The molecule has 1 aliphatic carbocycles. The molecule has 1 aliphatic rings. The zero-order valence-electron chi connectivity index (χ0n) is 15.3. The predicted octanol–water partition coefficient (Wildman–Crippen LogP) is 3.80. The molecule has 2 rings (SSSR count). The van der Waals surface area contributed by atoms with Gasteiger partial charge in [0.1, 0.15) is 17.6 Å². The van der Waals surface area contributed by atoms with E-state index in [1.165, 1.54) is 14.2 Å². The summed E-state index contributed by atoms with van der Waals surface area (Å²) in [4.78, 5) is 13.4. The van der Waals surface area contributed by atoms with Crippen LogP contribution in [0.2, 0.25) is 0 Å². The van der Waals surface area contributed by atoms with Gasteiger partial charge in [0.05, 0.1) is 19.8 Å². The number of hydrogen-bond donors (Lipinski definition) is 0. The van der Waals surface area contributed by atoms with Gasteiger partial charge in [-0.3, -0.25) is 4.79 Å². The van der Waals surface area contributed by atoms with Crippen LogP contribution in [0.4, 0.5) is 0 Å². The molecular formula is C19H23BrO5. The van der Waals surface area contributed by atoms with Gasteiger partial charge in [-0.2, -0.15) is 0 Å². The van der Waals surface area contributed by atoms with Crippen molar-refractivity contribution >= 4 is 21.7 Å². The predicted molar refractivity (Wildman–Crippen MR) is 99.3 cm³/mol. The van der Waals surface area contributed by atoms with Gasteiger partial charge < -0.3 is 18.9 Å². The maximum absolute atomic E-state index is 13.4. The monoisotopic (exact) mass is 410 g/mol. The van der Waals surface area contributed by atoms with Crippen LogP contribution < -0.4 is 4.74 Å². The fourth-order valence-electron chi connectivity index (χ4n) is 3.10. The van der Waals surface area contributed by atoms with Crippen molar-refractivity contribution in [3.8, 4) is 5.75 Å². The van der Waals surface area contributed by atoms with E-state index in [0.717, 1.165) is 11.1 Å². The Morgan fingerprint density at radius 3 is 2.32 bits per heavy atom. The van der Waals surface area contributed by atoms with Gasteiger partial charge in [0.25, 0.3) is 0 Å². The number of hydrogen-bond acceptors (Lipinski definition) is 5. The topological polar surface area (TPSA) is 54.0 Å². The number of allylic oxidation sites excluding steroid dienone is 2. The molecule has 6 heteroatoms. The molecule has 1 aromatic rings. The van der Waals surface area contributed by atoms with Gasteiger partial charge in [0.2, 0.25) is 4.51 Å². The van der Waals surface area contributed by atoms with Crippen molar-refractivity contribution in [2.75, 3.05) is 28.4 Å². The number of benzene rings is 1. The standard InChI is InChI=1S/C19H23BrO5/c1-11-8-7-9-13(22-3)15(11)17(21)16-12(2)10-14(23-4)19(20,25-6)18(16)24-5/h7-10,18H,1-6H3. The number of methoxy groups -OCH3 is 4. The van der Waals surface area contributed by atoms with Crippen LogP contribution >= 0.6 is 15.9 Å². The summed E-state index contributed by atoms with van der Waals surface area (Å²) in [5.41, 5.74) is 2.60. The highest BCUT2D eigenvalue weighted by atomic mass is 79.9. The molecule has 136 valence electrons. The average Bonchev–Trinajstić information content (AvgIpc) is 2.61. The number of alkyl halides is 1. The van der Waals surface area contributed by atoms with E-state index in [4.69, 9.17) is 18.9 Å². The Morgan fingerprint density at radius 2 is 1.80 bits per heavy atom. The maximum atomic E-state index is 13.4. The summed E-state index contributed by atoms with van der Waals surface area (Å²) in [5, 5.41) is 0. The molecule has 0 heterocycles. The molecule has 2 atom stereocenters. The summed E-state index contributed by atoms with van der Waals surface area (Å²) in [7, 11) is 6.17. The zero-order valence-corrected chi connectivity index (χ0v) is 16.9. The molecule has 0 spiro atoms. The molecule has 5 nitrogen and oxygen atoms in total. The Kier molecular flexibility index (Phi) is 6.08. The van der Waals surface area contributed by atoms with Crippen LogP contribution in [-0.2, 0) is 14.2 Å². The first-order chi connectivity index (χ1) is 11.8. The van der Waals surface area contributed by atoms with Crippen molar-refractivity contribution in [1.29, 1.82) is 0 Å². The van der Waals surface area contributed by atoms with Crippen LogP contribution in [0.1, 0.15) is 22.8 Å². The highest BCUT2D eigenvalue weighted by molar-refractivity contribution is 9.10. The van der Waals surface area contributed by atoms with E-state index in [1.807, 2.05) is 26.0 Å². The summed E-state index contributed by atoms with van der Waals surface area (Å²) in [6.07, 6.45) is 1.10. The third-order valence-electron chi connectivity index (χ3n) is 4.39. The molecule has 0 saturated carbocycles. The normalized spacial score (nSPS) is 23.3. The fourth-order valence-corrected chi connectivity index (χ4v) is 3.80. The average molecular weight is 411 g/mol. The van der Waals surface area contributed by atoms with Crippen LogP contribution in [0.25, 0.3) is 0 Å². The van der Waals surface area contributed by atoms with E-state index in [9.17, 15) is 4.79 Å². The molecule has 1 aromatic carbocycles. The SMILES string of the molecule is COC1=CC(C)=C(C(=O)c2c(C)cccc2OC)C(OC)C1(Br)OC. The summed E-state index contributed by atoms with van der Waals surface area (Å²) >= 11 is 3.55. The number of aryl methyl sites for hydroxylation is 1. The summed E-state index contributed by atoms with van der Waals surface area (Å²) in [5.74, 6) is 0.901. The highest BCUT2D eigenvalue weighted by Gasteiger charge is 2.49. The molecular weight excluding hydrogens is 388 g/mol. The van der Waals surface area contributed by atoms with Crippen molar-refractivity contribution in [3.05, 3.63) is 52.3 Å². The Morgan fingerprint density at radius 1 is 1.12 bits per heavy atom. The summed E-state index contributed by atoms with van der Waals surface area (Å²) < 4.78 is 21.0. The summed E-state index contributed by atoms with van der Waals surface area (Å²) in [6.45, 7) is 3.73. The fraction of sp³-hybridized carbons (Fsp3) is 0.421. The smallest absolute Gasteiger partial charge is 0.209 e. The van der Waals surface area contributed by atoms with E-state index in [-0.39, 0.29) is 5.78 Å². The maximum Gasteiger partial charge on any atom is 0.209 e. The molecule has 0 N–H and O–H groups in total. The zero-order chi connectivity index (χ0) is 18.8. The van der Waals surface area contributed by atoms with Gasteiger partial charge in [-0.1, -0.05) is 12.1 Å². The van der Waals surface area contributed by atoms with Crippen LogP contribution in [-0.4, -0.2) is 44.8 Å². The molecule has 0 aromatic heterocycles. The van der Waals surface area contributed by atoms with Gasteiger partial charge >= 0.3 is 0 Å². The molecule has 0 radical (unpaired) electrons. The first-order valence-corrected chi connectivity index (χ1v) is 8.57. The number of carbonyl (C=O) groups is 1. The third-order valence-corrected chi connectivity index (χ3v) is 5.52. The lowest BCUT2D eigenvalue weighted by Gasteiger charge is -2.39. The lowest BCUT2D eigenvalue weighted by molar-refractivity contribution is -0.0417. The largest absolute Gasteiger partial charge is 0.497 e. The number of ether oxygens (including phenoxy) is 4. The van der Waals surface area contributed by atoms with Gasteiger partial charge in [-0.05, 0) is 53.1 Å². The van der Waals surface area contributed by atoms with Gasteiger partial charge in [0, 0.05) is 19.8 Å². The molecule has 0 bridgehead atoms. The molecule has 2 unspecified atom stereocenters. The molecule has 0 amide bonds. The third kappa shape index (κ3) is 3.26. The number of carbonyl (C=O) groups excluding carboxylic acids is 1. The number of rotatable bonds is 6. The van der Waals surface area contributed by atoms with Crippen LogP contribution in [0, 0.1) is 6.92 Å². The number of Topliss-reactive ketones (excluding diaryl/α,β-unsaturated/α-hetero) is 1. The van der Waals surface area contributed by atoms with Crippen LogP contribution in [0.15, 0.2) is 41.2 Å². The highest BCUT2D eigenvalue weighted by Crippen LogP contribution is 2.44. The van der Waals surface area contributed by atoms with E-state index in [2.05, 4.69) is 15.9 Å². The molecule has 0 saturated heterocycles. The Hall–Kier alpha value is -1.63. The minimum atomic E-state index is -1.09. The minimum Gasteiger partial charge on any atom is -0.497 e. The van der Waals surface area contributed by atoms with E-state index in [0.29, 0.717) is 22.6 Å². The lowest BCUT2D eigenvalue weighted by Crippen LogP contribution is -2.47. The van der Waals surface area contributed by atoms with Gasteiger partial charge in [0.15, 0.2) is 5.78 Å². The van der Waals surface area contributed by atoms with Crippen molar-refractivity contribution in [2.45, 2.75) is 24.5 Å². The second kappa shape index (κ2) is 7.72. The Bertz CT molecular complexity index is 737. The van der Waals surface area contributed by atoms with Crippen molar-refractivity contribution in [3.63, 3.8) is 0 Å². The van der Waals surface area contributed by atoms with E-state index >= 15 is 0 Å². The molecule has 0 aliphatic heterocycles. The van der Waals surface area contributed by atoms with Crippen LogP contribution in [0.5, 0.6) is 5.75 Å². The van der Waals surface area contributed by atoms with Crippen molar-refractivity contribution < 1.29 is 23.7 Å².